The Labute approximate surface area is 120 Å². The average molecular weight is 281 g/mol. The van der Waals surface area contributed by atoms with E-state index in [1.807, 2.05) is 12.1 Å². The maximum Gasteiger partial charge on any atom is 0.257 e. The first-order chi connectivity index (χ1) is 10.2. The van der Waals surface area contributed by atoms with E-state index in [-0.39, 0.29) is 11.5 Å². The van der Waals surface area contributed by atoms with E-state index < -0.39 is 5.82 Å². The summed E-state index contributed by atoms with van der Waals surface area (Å²) in [5.74, 6) is -0.839. The average Bonchev–Trinajstić information content (AvgIpc) is 3.02. The third-order valence-electron chi connectivity index (χ3n) is 3.01. The second-order valence-corrected chi connectivity index (χ2v) is 4.45. The number of amides is 1. The van der Waals surface area contributed by atoms with E-state index in [9.17, 15) is 9.18 Å². The van der Waals surface area contributed by atoms with Crippen LogP contribution in [0.5, 0.6) is 0 Å². The molecule has 104 valence electrons. The molecule has 2 aromatic heterocycles. The van der Waals surface area contributed by atoms with Gasteiger partial charge in [-0.25, -0.2) is 4.39 Å². The molecule has 0 radical (unpaired) electrons. The zero-order valence-corrected chi connectivity index (χ0v) is 11.0. The first-order valence-electron chi connectivity index (χ1n) is 6.38. The third kappa shape index (κ3) is 2.81. The Kier molecular flexibility index (Phi) is 3.47. The minimum atomic E-state index is -0.456. The van der Waals surface area contributed by atoms with E-state index in [0.717, 1.165) is 0 Å². The Morgan fingerprint density at radius 1 is 1.14 bits per heavy atom. The fraction of sp³-hybridized carbons (Fsp3) is 0. The van der Waals surface area contributed by atoms with Crippen molar-refractivity contribution in [3.05, 3.63) is 78.6 Å². The Hall–Kier alpha value is -2.95. The highest BCUT2D eigenvalue weighted by molar-refractivity contribution is 6.06. The van der Waals surface area contributed by atoms with Gasteiger partial charge >= 0.3 is 0 Å². The quantitative estimate of drug-likeness (QED) is 0.801. The number of pyridine rings is 1. The molecule has 1 aromatic carbocycles. The van der Waals surface area contributed by atoms with E-state index in [4.69, 9.17) is 0 Å². The highest BCUT2D eigenvalue weighted by Crippen LogP contribution is 2.18. The molecule has 1 amide bonds. The summed E-state index contributed by atoms with van der Waals surface area (Å²) in [6, 6.07) is 11.2. The summed E-state index contributed by atoms with van der Waals surface area (Å²) >= 11 is 0. The first kappa shape index (κ1) is 13.1. The van der Waals surface area contributed by atoms with Crippen LogP contribution in [0, 0.1) is 5.82 Å². The summed E-state index contributed by atoms with van der Waals surface area (Å²) in [4.78, 5) is 16.3. The fourth-order valence-corrected chi connectivity index (χ4v) is 2.05. The number of nitrogens with one attached hydrogen (secondary N) is 1. The molecule has 0 aliphatic carbocycles. The predicted octanol–water partition coefficient (Wildman–Crippen LogP) is 3.26. The Balaban J connectivity index is 1.97. The van der Waals surface area contributed by atoms with Crippen molar-refractivity contribution in [1.29, 1.82) is 0 Å². The summed E-state index contributed by atoms with van der Waals surface area (Å²) in [5.41, 5.74) is 1.43. The lowest BCUT2D eigenvalue weighted by Gasteiger charge is -2.11. The lowest BCUT2D eigenvalue weighted by Crippen LogP contribution is -2.15. The van der Waals surface area contributed by atoms with E-state index in [2.05, 4.69) is 10.3 Å². The van der Waals surface area contributed by atoms with Gasteiger partial charge in [0.1, 0.15) is 5.82 Å². The number of anilines is 1. The van der Waals surface area contributed by atoms with Gasteiger partial charge in [-0.05, 0) is 42.5 Å². The third-order valence-corrected chi connectivity index (χ3v) is 3.01. The highest BCUT2D eigenvalue weighted by atomic mass is 19.1. The minimum Gasteiger partial charge on any atom is -0.323 e. The monoisotopic (exact) mass is 281 g/mol. The molecule has 21 heavy (non-hydrogen) atoms. The molecule has 0 aliphatic rings. The Morgan fingerprint density at radius 3 is 2.67 bits per heavy atom. The van der Waals surface area contributed by atoms with Crippen LogP contribution in [0.4, 0.5) is 10.1 Å². The molecule has 0 atom stereocenters. The van der Waals surface area contributed by atoms with E-state index in [1.165, 1.54) is 18.3 Å². The second kappa shape index (κ2) is 5.58. The van der Waals surface area contributed by atoms with Gasteiger partial charge in [0.25, 0.3) is 5.91 Å². The van der Waals surface area contributed by atoms with Crippen LogP contribution in [0.1, 0.15) is 10.4 Å². The number of carbonyl (C=O) groups is 1. The van der Waals surface area contributed by atoms with Crippen LogP contribution < -0.4 is 5.32 Å². The van der Waals surface area contributed by atoms with Gasteiger partial charge in [0.15, 0.2) is 0 Å². The molecule has 3 aromatic rings. The molecule has 0 unspecified atom stereocenters. The van der Waals surface area contributed by atoms with Crippen LogP contribution in [0.2, 0.25) is 0 Å². The molecule has 2 heterocycles. The maximum absolute atomic E-state index is 13.5. The zero-order chi connectivity index (χ0) is 14.7. The fourth-order valence-electron chi connectivity index (χ4n) is 2.05. The van der Waals surface area contributed by atoms with Gasteiger partial charge in [-0.2, -0.15) is 0 Å². The van der Waals surface area contributed by atoms with Gasteiger partial charge in [0.2, 0.25) is 0 Å². The van der Waals surface area contributed by atoms with Gasteiger partial charge in [-0.1, -0.05) is 0 Å². The number of hydrogen-bond acceptors (Lipinski definition) is 2. The maximum atomic E-state index is 13.5. The normalized spacial score (nSPS) is 10.3. The lowest BCUT2D eigenvalue weighted by atomic mass is 10.1. The molecule has 5 heteroatoms. The molecule has 0 saturated carbocycles. The van der Waals surface area contributed by atoms with E-state index in [1.54, 1.807) is 41.4 Å². The number of halogens is 1. The molecule has 0 saturated heterocycles. The van der Waals surface area contributed by atoms with Gasteiger partial charge < -0.3 is 9.88 Å². The zero-order valence-electron chi connectivity index (χ0n) is 11.0. The van der Waals surface area contributed by atoms with E-state index >= 15 is 0 Å². The van der Waals surface area contributed by atoms with Crippen LogP contribution >= 0.6 is 0 Å². The van der Waals surface area contributed by atoms with Crippen LogP contribution in [-0.4, -0.2) is 15.5 Å². The van der Waals surface area contributed by atoms with Crippen LogP contribution in [0.3, 0.4) is 0 Å². The van der Waals surface area contributed by atoms with Crippen molar-refractivity contribution < 1.29 is 9.18 Å². The molecular formula is C16H12FN3O. The van der Waals surface area contributed by atoms with Crippen LogP contribution in [0.15, 0.2) is 67.3 Å². The van der Waals surface area contributed by atoms with Gasteiger partial charge in [0, 0.05) is 18.6 Å². The lowest BCUT2D eigenvalue weighted by molar-refractivity contribution is 0.102. The van der Waals surface area contributed by atoms with Crippen molar-refractivity contribution >= 4 is 11.6 Å². The molecule has 0 aliphatic heterocycles. The van der Waals surface area contributed by atoms with Crippen molar-refractivity contribution in [1.82, 2.24) is 9.55 Å². The number of carbonyl (C=O) groups excluding carboxylic acids is 1. The summed E-state index contributed by atoms with van der Waals surface area (Å²) in [6.07, 6.45) is 6.75. The molecule has 4 nitrogen and oxygen atoms in total. The Morgan fingerprint density at radius 2 is 1.95 bits per heavy atom. The van der Waals surface area contributed by atoms with Gasteiger partial charge in [-0.3, -0.25) is 9.78 Å². The predicted molar refractivity (Wildman–Crippen MR) is 77.9 cm³/mol. The van der Waals surface area contributed by atoms with Gasteiger partial charge in [-0.15, -0.1) is 0 Å². The summed E-state index contributed by atoms with van der Waals surface area (Å²) in [5, 5.41) is 2.71. The first-order valence-corrected chi connectivity index (χ1v) is 6.38. The number of nitrogens with zero attached hydrogens (tertiary/aromatic N) is 2. The molecule has 1 N–H and O–H groups in total. The topological polar surface area (TPSA) is 46.9 Å². The van der Waals surface area contributed by atoms with Crippen molar-refractivity contribution in [2.45, 2.75) is 0 Å². The largest absolute Gasteiger partial charge is 0.323 e. The molecule has 0 spiro atoms. The molecule has 0 bridgehead atoms. The molecule has 0 fully saturated rings. The van der Waals surface area contributed by atoms with Crippen molar-refractivity contribution in [2.24, 2.45) is 0 Å². The minimum absolute atomic E-state index is 0.259. The number of benzene rings is 1. The molecule has 3 rings (SSSR count). The smallest absolute Gasteiger partial charge is 0.257 e. The summed E-state index contributed by atoms with van der Waals surface area (Å²) in [7, 11) is 0. The summed E-state index contributed by atoms with van der Waals surface area (Å²) < 4.78 is 15.2. The van der Waals surface area contributed by atoms with Crippen LogP contribution in [0.25, 0.3) is 5.69 Å². The SMILES string of the molecule is O=C(Nc1cccnc1)c1cc(F)ccc1-n1cccc1. The van der Waals surface area contributed by atoms with Crippen molar-refractivity contribution in [2.75, 3.05) is 5.32 Å². The van der Waals surface area contributed by atoms with Crippen molar-refractivity contribution in [3.63, 3.8) is 0 Å². The summed E-state index contributed by atoms with van der Waals surface area (Å²) in [6.45, 7) is 0. The van der Waals surface area contributed by atoms with Crippen molar-refractivity contribution in [3.8, 4) is 5.69 Å². The highest BCUT2D eigenvalue weighted by Gasteiger charge is 2.14. The standard InChI is InChI=1S/C16H12FN3O/c17-12-5-6-15(20-8-1-2-9-20)14(10-12)16(21)19-13-4-3-7-18-11-13/h1-11H,(H,19,21). The Bertz CT molecular complexity index is 754. The molecular weight excluding hydrogens is 269 g/mol. The number of aromatic nitrogens is 2. The van der Waals surface area contributed by atoms with E-state index in [0.29, 0.717) is 11.4 Å². The second-order valence-electron chi connectivity index (χ2n) is 4.45. The van der Waals surface area contributed by atoms with Crippen LogP contribution in [-0.2, 0) is 0 Å². The number of hydrogen-bond donors (Lipinski definition) is 1. The van der Waals surface area contributed by atoms with Gasteiger partial charge in [0.05, 0.1) is 23.1 Å². The number of rotatable bonds is 3.